The third kappa shape index (κ3) is 4.25. The van der Waals surface area contributed by atoms with E-state index in [1.54, 1.807) is 24.3 Å². The molecule has 0 aliphatic heterocycles. The number of nitrogens with one attached hydrogen (secondary N) is 1. The highest BCUT2D eigenvalue weighted by Gasteiger charge is 2.48. The van der Waals surface area contributed by atoms with Gasteiger partial charge in [-0.05, 0) is 51.0 Å². The third-order valence-electron chi connectivity index (χ3n) is 4.21. The normalized spacial score (nSPS) is 15.2. The molecule has 5 nitrogen and oxygen atoms in total. The SMILES string of the molecule is Cc1ccc(C)o1.O=C(O)C1(C(=O)Nc2ccccc2)CCCC1. The minimum absolute atomic E-state index is 0.395. The number of para-hydroxylation sites is 1. The minimum atomic E-state index is -1.23. The molecule has 0 bridgehead atoms. The van der Waals surface area contributed by atoms with Crippen LogP contribution in [0.15, 0.2) is 46.9 Å². The van der Waals surface area contributed by atoms with Crippen LogP contribution in [0.5, 0.6) is 0 Å². The highest BCUT2D eigenvalue weighted by Crippen LogP contribution is 2.39. The Morgan fingerprint density at radius 1 is 1.00 bits per heavy atom. The van der Waals surface area contributed by atoms with E-state index in [0.29, 0.717) is 18.5 Å². The summed E-state index contributed by atoms with van der Waals surface area (Å²) in [4.78, 5) is 23.4. The summed E-state index contributed by atoms with van der Waals surface area (Å²) in [6.45, 7) is 3.88. The number of carbonyl (C=O) groups is 2. The Hall–Kier alpha value is -2.56. The molecule has 1 amide bonds. The fourth-order valence-electron chi connectivity index (χ4n) is 2.85. The van der Waals surface area contributed by atoms with Crippen molar-refractivity contribution < 1.29 is 19.1 Å². The number of furan rings is 1. The van der Waals surface area contributed by atoms with Gasteiger partial charge in [0.15, 0.2) is 0 Å². The number of amides is 1. The van der Waals surface area contributed by atoms with Gasteiger partial charge in [0.1, 0.15) is 16.9 Å². The molecule has 128 valence electrons. The number of anilines is 1. The number of carbonyl (C=O) groups excluding carboxylic acids is 1. The van der Waals surface area contributed by atoms with E-state index in [0.717, 1.165) is 24.4 Å². The lowest BCUT2D eigenvalue weighted by Gasteiger charge is -2.22. The van der Waals surface area contributed by atoms with Gasteiger partial charge < -0.3 is 14.8 Å². The lowest BCUT2D eigenvalue weighted by Crippen LogP contribution is -2.40. The van der Waals surface area contributed by atoms with Gasteiger partial charge in [-0.2, -0.15) is 0 Å². The molecule has 1 saturated carbocycles. The van der Waals surface area contributed by atoms with Crippen LogP contribution in [0.1, 0.15) is 37.2 Å². The van der Waals surface area contributed by atoms with Crippen molar-refractivity contribution in [3.05, 3.63) is 54.0 Å². The van der Waals surface area contributed by atoms with E-state index in [4.69, 9.17) is 4.42 Å². The standard InChI is InChI=1S/C13H15NO3.C6H8O/c15-11(14-10-6-2-1-3-7-10)13(12(16)17)8-4-5-9-13;1-5-3-4-6(2)7-5/h1-3,6-7H,4-5,8-9H2,(H,14,15)(H,16,17);3-4H,1-2H3. The van der Waals surface area contributed by atoms with Crippen molar-refractivity contribution in [3.8, 4) is 0 Å². The van der Waals surface area contributed by atoms with Crippen molar-refractivity contribution in [1.82, 2.24) is 0 Å². The van der Waals surface area contributed by atoms with E-state index < -0.39 is 17.3 Å². The maximum Gasteiger partial charge on any atom is 0.319 e. The zero-order chi connectivity index (χ0) is 17.6. The number of aliphatic carboxylic acids is 1. The Kier molecular flexibility index (Phi) is 5.79. The maximum absolute atomic E-state index is 12.1. The summed E-state index contributed by atoms with van der Waals surface area (Å²) in [5, 5.41) is 11.9. The summed E-state index contributed by atoms with van der Waals surface area (Å²) >= 11 is 0. The Bertz CT molecular complexity index is 668. The van der Waals surface area contributed by atoms with Crippen molar-refractivity contribution in [2.45, 2.75) is 39.5 Å². The van der Waals surface area contributed by atoms with E-state index in [2.05, 4.69) is 5.32 Å². The zero-order valence-electron chi connectivity index (χ0n) is 14.0. The van der Waals surface area contributed by atoms with Gasteiger partial charge in [-0.15, -0.1) is 0 Å². The fraction of sp³-hybridized carbons (Fsp3) is 0.368. The number of aryl methyl sites for hydroxylation is 2. The first-order valence-corrected chi connectivity index (χ1v) is 8.07. The molecule has 1 aliphatic carbocycles. The summed E-state index contributed by atoms with van der Waals surface area (Å²) in [6.07, 6.45) is 2.46. The molecule has 1 aliphatic rings. The van der Waals surface area contributed by atoms with Gasteiger partial charge in [-0.1, -0.05) is 31.0 Å². The molecular weight excluding hydrogens is 306 g/mol. The first-order valence-electron chi connectivity index (χ1n) is 8.07. The molecule has 0 unspecified atom stereocenters. The topological polar surface area (TPSA) is 79.5 Å². The molecule has 0 atom stereocenters. The van der Waals surface area contributed by atoms with E-state index in [-0.39, 0.29) is 0 Å². The molecule has 1 fully saturated rings. The molecular formula is C19H23NO4. The van der Waals surface area contributed by atoms with Crippen LogP contribution in [-0.2, 0) is 9.59 Å². The highest BCUT2D eigenvalue weighted by molar-refractivity contribution is 6.08. The summed E-state index contributed by atoms with van der Waals surface area (Å²) in [5.74, 6) is 0.562. The average molecular weight is 329 g/mol. The lowest BCUT2D eigenvalue weighted by molar-refractivity contribution is -0.153. The highest BCUT2D eigenvalue weighted by atomic mass is 16.4. The second-order valence-electron chi connectivity index (χ2n) is 6.07. The second-order valence-corrected chi connectivity index (χ2v) is 6.07. The molecule has 24 heavy (non-hydrogen) atoms. The summed E-state index contributed by atoms with van der Waals surface area (Å²) < 4.78 is 5.08. The van der Waals surface area contributed by atoms with Crippen molar-refractivity contribution in [3.63, 3.8) is 0 Å². The van der Waals surface area contributed by atoms with Crippen LogP contribution in [0.25, 0.3) is 0 Å². The van der Waals surface area contributed by atoms with Crippen LogP contribution in [-0.4, -0.2) is 17.0 Å². The van der Waals surface area contributed by atoms with Crippen LogP contribution in [0, 0.1) is 19.3 Å². The molecule has 3 rings (SSSR count). The van der Waals surface area contributed by atoms with Crippen LogP contribution in [0.4, 0.5) is 5.69 Å². The Labute approximate surface area is 141 Å². The number of hydrogen-bond acceptors (Lipinski definition) is 3. The van der Waals surface area contributed by atoms with Crippen molar-refractivity contribution in [2.75, 3.05) is 5.32 Å². The van der Waals surface area contributed by atoms with Crippen LogP contribution in [0.3, 0.4) is 0 Å². The lowest BCUT2D eigenvalue weighted by atomic mass is 9.85. The molecule has 1 heterocycles. The van der Waals surface area contributed by atoms with Crippen LogP contribution >= 0.6 is 0 Å². The summed E-state index contributed by atoms with van der Waals surface area (Å²) in [5.41, 5.74) is -0.583. The molecule has 0 saturated heterocycles. The van der Waals surface area contributed by atoms with Gasteiger partial charge >= 0.3 is 5.97 Å². The molecule has 2 aromatic rings. The van der Waals surface area contributed by atoms with Crippen LogP contribution < -0.4 is 5.32 Å². The second kappa shape index (κ2) is 7.81. The molecule has 2 N–H and O–H groups in total. The third-order valence-corrected chi connectivity index (χ3v) is 4.21. The van der Waals surface area contributed by atoms with Crippen LogP contribution in [0.2, 0.25) is 0 Å². The van der Waals surface area contributed by atoms with Gasteiger partial charge in [0.05, 0.1) is 0 Å². The Balaban J connectivity index is 0.000000249. The van der Waals surface area contributed by atoms with Crippen molar-refractivity contribution in [1.29, 1.82) is 0 Å². The minimum Gasteiger partial charge on any atom is -0.480 e. The van der Waals surface area contributed by atoms with Crippen molar-refractivity contribution >= 4 is 17.6 Å². The maximum atomic E-state index is 12.1. The largest absolute Gasteiger partial charge is 0.480 e. The quantitative estimate of drug-likeness (QED) is 0.828. The van der Waals surface area contributed by atoms with E-state index in [1.165, 1.54) is 0 Å². The summed E-state index contributed by atoms with van der Waals surface area (Å²) in [7, 11) is 0. The van der Waals surface area contributed by atoms with E-state index in [1.807, 2.05) is 32.0 Å². The monoisotopic (exact) mass is 329 g/mol. The molecule has 0 radical (unpaired) electrons. The number of rotatable bonds is 3. The molecule has 1 aromatic heterocycles. The van der Waals surface area contributed by atoms with Gasteiger partial charge in [-0.3, -0.25) is 9.59 Å². The average Bonchev–Trinajstić information content (AvgIpc) is 3.18. The summed E-state index contributed by atoms with van der Waals surface area (Å²) in [6, 6.07) is 12.9. The van der Waals surface area contributed by atoms with Gasteiger partial charge in [0.2, 0.25) is 5.91 Å². The zero-order valence-corrected chi connectivity index (χ0v) is 14.0. The Morgan fingerprint density at radius 2 is 1.54 bits per heavy atom. The fourth-order valence-corrected chi connectivity index (χ4v) is 2.85. The van der Waals surface area contributed by atoms with Gasteiger partial charge in [-0.25, -0.2) is 0 Å². The smallest absolute Gasteiger partial charge is 0.319 e. The number of carboxylic acid groups (broad SMARTS) is 1. The Morgan fingerprint density at radius 3 is 1.96 bits per heavy atom. The number of carboxylic acids is 1. The molecule has 5 heteroatoms. The molecule has 1 aromatic carbocycles. The number of hydrogen-bond donors (Lipinski definition) is 2. The van der Waals surface area contributed by atoms with E-state index in [9.17, 15) is 14.7 Å². The number of benzene rings is 1. The first-order chi connectivity index (χ1) is 11.4. The van der Waals surface area contributed by atoms with Crippen molar-refractivity contribution in [2.24, 2.45) is 5.41 Å². The van der Waals surface area contributed by atoms with E-state index >= 15 is 0 Å². The van der Waals surface area contributed by atoms with Gasteiger partial charge in [0.25, 0.3) is 0 Å². The van der Waals surface area contributed by atoms with Gasteiger partial charge in [0, 0.05) is 5.69 Å². The first kappa shape index (κ1) is 17.8. The predicted molar refractivity (Wildman–Crippen MR) is 91.8 cm³/mol. The predicted octanol–water partition coefficient (Wildman–Crippen LogP) is 4.17. The molecule has 0 spiro atoms.